The smallest absolute Gasteiger partial charge is 0.172 e. The quantitative estimate of drug-likeness (QED) is 0.678. The Labute approximate surface area is 85.7 Å². The lowest BCUT2D eigenvalue weighted by Gasteiger charge is -1.75. The van der Waals surface area contributed by atoms with Gasteiger partial charge in [-0.3, -0.25) is 4.79 Å². The monoisotopic (exact) mass is 210 g/mol. The lowest BCUT2D eigenvalue weighted by atomic mass is 10.4. The first-order valence-corrected chi connectivity index (χ1v) is 4.76. The first-order chi connectivity index (χ1) is 6.70. The molecule has 2 aromatic rings. The van der Waals surface area contributed by atoms with Gasteiger partial charge in [-0.2, -0.15) is 0 Å². The highest BCUT2D eigenvalue weighted by molar-refractivity contribution is 7.07. The summed E-state index contributed by atoms with van der Waals surface area (Å²) >= 11 is 1.12. The second-order valence-electron chi connectivity index (χ2n) is 2.56. The standard InChI is InChI=1S/C5H6O.C4H4N2OS/c1-5-3-2-4-6-5;1-3(7)4-2-5-6-8-4/h2-4H,1H3;2H,1H3. The van der Waals surface area contributed by atoms with Crippen LogP contribution in [0.1, 0.15) is 22.4 Å². The predicted octanol–water partition coefficient (Wildman–Crippen LogP) is 2.33. The summed E-state index contributed by atoms with van der Waals surface area (Å²) in [6.45, 7) is 3.41. The highest BCUT2D eigenvalue weighted by Gasteiger charge is 1.98. The number of carbonyl (C=O) groups is 1. The van der Waals surface area contributed by atoms with E-state index in [4.69, 9.17) is 4.42 Å². The molecule has 2 rings (SSSR count). The van der Waals surface area contributed by atoms with Crippen LogP contribution in [0.15, 0.2) is 29.0 Å². The number of Topliss-reactive ketones (excluding diaryl/α,β-unsaturated/α-hetero) is 1. The van der Waals surface area contributed by atoms with Crippen molar-refractivity contribution in [3.05, 3.63) is 35.2 Å². The van der Waals surface area contributed by atoms with Gasteiger partial charge in [0.2, 0.25) is 0 Å². The summed E-state index contributed by atoms with van der Waals surface area (Å²) in [7, 11) is 0. The second-order valence-corrected chi connectivity index (χ2v) is 3.35. The van der Waals surface area contributed by atoms with Crippen molar-refractivity contribution in [3.63, 3.8) is 0 Å². The normalized spacial score (nSPS) is 9.00. The molecule has 74 valence electrons. The van der Waals surface area contributed by atoms with E-state index in [9.17, 15) is 4.79 Å². The second kappa shape index (κ2) is 5.29. The third kappa shape index (κ3) is 3.49. The zero-order valence-corrected chi connectivity index (χ0v) is 8.75. The molecule has 0 aromatic carbocycles. The number of carbonyl (C=O) groups excluding carboxylic acids is 1. The molecule has 0 radical (unpaired) electrons. The molecule has 2 heterocycles. The topological polar surface area (TPSA) is 56.0 Å². The summed E-state index contributed by atoms with van der Waals surface area (Å²) < 4.78 is 8.35. The number of hydrogen-bond acceptors (Lipinski definition) is 5. The maximum absolute atomic E-state index is 10.4. The largest absolute Gasteiger partial charge is 0.470 e. The van der Waals surface area contributed by atoms with Crippen molar-refractivity contribution in [2.24, 2.45) is 0 Å². The molecule has 0 aliphatic rings. The molecule has 0 unspecified atom stereocenters. The Hall–Kier alpha value is -1.49. The van der Waals surface area contributed by atoms with Crippen LogP contribution in [0.2, 0.25) is 0 Å². The van der Waals surface area contributed by atoms with Gasteiger partial charge in [0.15, 0.2) is 5.78 Å². The molecule has 0 atom stereocenters. The molecular weight excluding hydrogens is 200 g/mol. The van der Waals surface area contributed by atoms with Crippen LogP contribution in [0.3, 0.4) is 0 Å². The van der Waals surface area contributed by atoms with Gasteiger partial charge in [0.25, 0.3) is 0 Å². The summed E-state index contributed by atoms with van der Waals surface area (Å²) in [5.41, 5.74) is 0. The average Bonchev–Trinajstić information content (AvgIpc) is 2.75. The summed E-state index contributed by atoms with van der Waals surface area (Å²) in [5, 5.41) is 3.49. The van der Waals surface area contributed by atoms with Crippen LogP contribution in [-0.4, -0.2) is 15.4 Å². The van der Waals surface area contributed by atoms with Gasteiger partial charge in [0.05, 0.1) is 12.5 Å². The fraction of sp³-hybridized carbons (Fsp3) is 0.222. The van der Waals surface area contributed by atoms with Gasteiger partial charge in [-0.1, -0.05) is 4.49 Å². The van der Waals surface area contributed by atoms with Gasteiger partial charge >= 0.3 is 0 Å². The van der Waals surface area contributed by atoms with Crippen LogP contribution >= 0.6 is 11.5 Å². The minimum absolute atomic E-state index is 0.0278. The Kier molecular flexibility index (Phi) is 4.00. The minimum Gasteiger partial charge on any atom is -0.470 e. The zero-order chi connectivity index (χ0) is 10.4. The fourth-order valence-electron chi connectivity index (χ4n) is 0.683. The van der Waals surface area contributed by atoms with Crippen molar-refractivity contribution >= 4 is 17.3 Å². The molecule has 5 heteroatoms. The van der Waals surface area contributed by atoms with Gasteiger partial charge in [-0.15, -0.1) is 5.10 Å². The van der Waals surface area contributed by atoms with Gasteiger partial charge in [0.1, 0.15) is 10.6 Å². The average molecular weight is 210 g/mol. The summed E-state index contributed by atoms with van der Waals surface area (Å²) in [4.78, 5) is 11.1. The van der Waals surface area contributed by atoms with Crippen LogP contribution in [0.5, 0.6) is 0 Å². The first-order valence-electron chi connectivity index (χ1n) is 3.98. The molecule has 0 fully saturated rings. The number of aryl methyl sites for hydroxylation is 1. The van der Waals surface area contributed by atoms with Crippen LogP contribution in [0.25, 0.3) is 0 Å². The summed E-state index contributed by atoms with van der Waals surface area (Å²) in [6.07, 6.45) is 3.13. The molecule has 2 aromatic heterocycles. The van der Waals surface area contributed by atoms with E-state index in [0.29, 0.717) is 4.88 Å². The van der Waals surface area contributed by atoms with Crippen LogP contribution < -0.4 is 0 Å². The molecule has 0 aliphatic heterocycles. The Bertz CT molecular complexity index is 367. The maximum Gasteiger partial charge on any atom is 0.172 e. The Balaban J connectivity index is 0.000000146. The number of nitrogens with zero attached hydrogens (tertiary/aromatic N) is 2. The van der Waals surface area contributed by atoms with E-state index in [1.807, 2.05) is 19.1 Å². The van der Waals surface area contributed by atoms with E-state index < -0.39 is 0 Å². The van der Waals surface area contributed by atoms with Crippen LogP contribution in [0.4, 0.5) is 0 Å². The number of furan rings is 1. The number of rotatable bonds is 1. The van der Waals surface area contributed by atoms with Crippen molar-refractivity contribution in [1.82, 2.24) is 9.59 Å². The highest BCUT2D eigenvalue weighted by Crippen LogP contribution is 2.00. The Morgan fingerprint density at radius 2 is 2.36 bits per heavy atom. The maximum atomic E-state index is 10.4. The molecule has 14 heavy (non-hydrogen) atoms. The third-order valence-corrected chi connectivity index (χ3v) is 2.14. The van der Waals surface area contributed by atoms with Crippen molar-refractivity contribution in [1.29, 1.82) is 0 Å². The van der Waals surface area contributed by atoms with E-state index in [0.717, 1.165) is 17.3 Å². The molecule has 0 bridgehead atoms. The van der Waals surface area contributed by atoms with Gasteiger partial charge < -0.3 is 4.42 Å². The van der Waals surface area contributed by atoms with E-state index in [1.165, 1.54) is 13.1 Å². The SMILES string of the molecule is CC(=O)c1cnns1.Cc1ccco1. The highest BCUT2D eigenvalue weighted by atomic mass is 32.1. The van der Waals surface area contributed by atoms with Crippen molar-refractivity contribution in [2.45, 2.75) is 13.8 Å². The third-order valence-electron chi connectivity index (χ3n) is 1.37. The molecule has 0 spiro atoms. The molecule has 0 aliphatic carbocycles. The van der Waals surface area contributed by atoms with Crippen molar-refractivity contribution in [3.8, 4) is 0 Å². The minimum atomic E-state index is 0.0278. The van der Waals surface area contributed by atoms with E-state index >= 15 is 0 Å². The summed E-state index contributed by atoms with van der Waals surface area (Å²) in [6, 6.07) is 3.79. The lowest BCUT2D eigenvalue weighted by molar-refractivity contribution is 0.102. The number of aromatic nitrogens is 2. The van der Waals surface area contributed by atoms with Gasteiger partial charge in [-0.05, 0) is 30.6 Å². The molecule has 4 nitrogen and oxygen atoms in total. The molecule has 0 saturated heterocycles. The van der Waals surface area contributed by atoms with Crippen molar-refractivity contribution in [2.75, 3.05) is 0 Å². The summed E-state index contributed by atoms with van der Waals surface area (Å²) in [5.74, 6) is 0.995. The fourth-order valence-corrected chi connectivity index (χ4v) is 1.09. The van der Waals surface area contributed by atoms with E-state index in [2.05, 4.69) is 9.59 Å². The van der Waals surface area contributed by atoms with Gasteiger partial charge in [-0.25, -0.2) is 0 Å². The molecule has 0 amide bonds. The van der Waals surface area contributed by atoms with E-state index in [1.54, 1.807) is 6.26 Å². The van der Waals surface area contributed by atoms with E-state index in [-0.39, 0.29) is 5.78 Å². The first kappa shape index (κ1) is 10.6. The van der Waals surface area contributed by atoms with Gasteiger partial charge in [0, 0.05) is 6.92 Å². The Morgan fingerprint density at radius 3 is 2.57 bits per heavy atom. The Morgan fingerprint density at radius 1 is 1.57 bits per heavy atom. The zero-order valence-electron chi connectivity index (χ0n) is 7.93. The number of ketones is 1. The number of hydrogen-bond donors (Lipinski definition) is 0. The molecular formula is C9H10N2O2S. The molecule has 0 N–H and O–H groups in total. The lowest BCUT2D eigenvalue weighted by Crippen LogP contribution is -1.83. The van der Waals surface area contributed by atoms with Crippen LogP contribution in [0, 0.1) is 6.92 Å². The predicted molar refractivity (Wildman–Crippen MR) is 53.4 cm³/mol. The van der Waals surface area contributed by atoms with Crippen LogP contribution in [-0.2, 0) is 0 Å². The van der Waals surface area contributed by atoms with Crippen molar-refractivity contribution < 1.29 is 9.21 Å². The molecule has 0 saturated carbocycles.